The van der Waals surface area contributed by atoms with Gasteiger partial charge in [-0.1, -0.05) is 6.07 Å². The Kier molecular flexibility index (Phi) is 3.38. The largest absolute Gasteiger partial charge is 0.497 e. The SMILES string of the molecule is COc1ccc2c(c1)OC1(CCN(C(C)C)C1)C[C@@H]2N. The Morgan fingerprint density at radius 2 is 2.25 bits per heavy atom. The van der Waals surface area contributed by atoms with Gasteiger partial charge in [0, 0.05) is 49.6 Å². The van der Waals surface area contributed by atoms with Gasteiger partial charge in [0.25, 0.3) is 0 Å². The van der Waals surface area contributed by atoms with Gasteiger partial charge < -0.3 is 15.2 Å². The highest BCUT2D eigenvalue weighted by Gasteiger charge is 2.45. The third-order valence-electron chi connectivity index (χ3n) is 4.61. The quantitative estimate of drug-likeness (QED) is 0.900. The van der Waals surface area contributed by atoms with E-state index in [4.69, 9.17) is 15.2 Å². The third-order valence-corrected chi connectivity index (χ3v) is 4.61. The van der Waals surface area contributed by atoms with Crippen LogP contribution in [0.2, 0.25) is 0 Å². The van der Waals surface area contributed by atoms with E-state index in [2.05, 4.69) is 18.7 Å². The number of hydrogen-bond donors (Lipinski definition) is 1. The minimum atomic E-state index is -0.122. The van der Waals surface area contributed by atoms with Crippen LogP contribution in [0.15, 0.2) is 18.2 Å². The fourth-order valence-corrected chi connectivity index (χ4v) is 3.39. The Hall–Kier alpha value is -1.26. The molecule has 3 rings (SSSR count). The molecule has 1 saturated heterocycles. The molecule has 0 aromatic heterocycles. The van der Waals surface area contributed by atoms with Crippen LogP contribution in [0.4, 0.5) is 0 Å². The van der Waals surface area contributed by atoms with E-state index in [0.29, 0.717) is 6.04 Å². The molecule has 0 bridgehead atoms. The van der Waals surface area contributed by atoms with Gasteiger partial charge in [0.2, 0.25) is 0 Å². The fourth-order valence-electron chi connectivity index (χ4n) is 3.39. The average Bonchev–Trinajstić information content (AvgIpc) is 2.81. The zero-order chi connectivity index (χ0) is 14.3. The van der Waals surface area contributed by atoms with Gasteiger partial charge in [-0.15, -0.1) is 0 Å². The fraction of sp³-hybridized carbons (Fsp3) is 0.625. The van der Waals surface area contributed by atoms with Crippen molar-refractivity contribution in [1.82, 2.24) is 4.90 Å². The Labute approximate surface area is 120 Å². The molecule has 4 heteroatoms. The second-order valence-corrected chi connectivity index (χ2v) is 6.31. The van der Waals surface area contributed by atoms with Crippen molar-refractivity contribution in [3.05, 3.63) is 23.8 Å². The number of nitrogens with zero attached hydrogens (tertiary/aromatic N) is 1. The Morgan fingerprint density at radius 3 is 2.90 bits per heavy atom. The summed E-state index contributed by atoms with van der Waals surface area (Å²) in [6.45, 7) is 6.52. The van der Waals surface area contributed by atoms with Crippen LogP contribution in [-0.4, -0.2) is 36.7 Å². The minimum Gasteiger partial charge on any atom is -0.497 e. The lowest BCUT2D eigenvalue weighted by Crippen LogP contribution is -2.46. The lowest BCUT2D eigenvalue weighted by atomic mass is 9.87. The number of hydrogen-bond acceptors (Lipinski definition) is 4. The van der Waals surface area contributed by atoms with Crippen molar-refractivity contribution in [1.29, 1.82) is 0 Å². The van der Waals surface area contributed by atoms with Crippen LogP contribution in [0.3, 0.4) is 0 Å². The Balaban J connectivity index is 1.88. The first kappa shape index (κ1) is 13.7. The summed E-state index contributed by atoms with van der Waals surface area (Å²) in [4.78, 5) is 2.47. The van der Waals surface area contributed by atoms with Crippen molar-refractivity contribution in [2.24, 2.45) is 5.73 Å². The maximum absolute atomic E-state index is 6.37. The van der Waals surface area contributed by atoms with Gasteiger partial charge in [0.1, 0.15) is 17.1 Å². The lowest BCUT2D eigenvalue weighted by molar-refractivity contribution is 0.0407. The number of rotatable bonds is 2. The molecular formula is C16H24N2O2. The van der Waals surface area contributed by atoms with E-state index in [1.54, 1.807) is 7.11 Å². The topological polar surface area (TPSA) is 47.7 Å². The van der Waals surface area contributed by atoms with Crippen molar-refractivity contribution in [3.63, 3.8) is 0 Å². The summed E-state index contributed by atoms with van der Waals surface area (Å²) >= 11 is 0. The van der Waals surface area contributed by atoms with Crippen LogP contribution in [0, 0.1) is 0 Å². The summed E-state index contributed by atoms with van der Waals surface area (Å²) in [6, 6.07) is 6.56. The molecule has 110 valence electrons. The van der Waals surface area contributed by atoms with Crippen LogP contribution in [0.1, 0.15) is 38.3 Å². The molecule has 1 aromatic carbocycles. The van der Waals surface area contributed by atoms with E-state index in [9.17, 15) is 0 Å². The minimum absolute atomic E-state index is 0.0526. The summed E-state index contributed by atoms with van der Waals surface area (Å²) < 4.78 is 11.7. The molecule has 2 N–H and O–H groups in total. The zero-order valence-corrected chi connectivity index (χ0v) is 12.6. The maximum Gasteiger partial charge on any atom is 0.128 e. The molecule has 0 amide bonds. The number of benzene rings is 1. The molecule has 1 spiro atoms. The van der Waals surface area contributed by atoms with Crippen molar-refractivity contribution in [3.8, 4) is 11.5 Å². The Morgan fingerprint density at radius 1 is 1.45 bits per heavy atom. The predicted molar refractivity (Wildman–Crippen MR) is 79.2 cm³/mol. The second-order valence-electron chi connectivity index (χ2n) is 6.31. The highest BCUT2D eigenvalue weighted by molar-refractivity contribution is 5.44. The van der Waals surface area contributed by atoms with Crippen molar-refractivity contribution in [2.45, 2.75) is 44.4 Å². The molecule has 2 aliphatic rings. The number of methoxy groups -OCH3 is 1. The van der Waals surface area contributed by atoms with E-state index in [-0.39, 0.29) is 11.6 Å². The molecule has 20 heavy (non-hydrogen) atoms. The normalized spacial score (nSPS) is 29.6. The van der Waals surface area contributed by atoms with Crippen molar-refractivity contribution >= 4 is 0 Å². The van der Waals surface area contributed by atoms with Gasteiger partial charge in [-0.3, -0.25) is 4.90 Å². The molecule has 0 radical (unpaired) electrons. The molecule has 1 aromatic rings. The first-order valence-corrected chi connectivity index (χ1v) is 7.39. The summed E-state index contributed by atoms with van der Waals surface area (Å²) in [5.41, 5.74) is 7.35. The van der Waals surface area contributed by atoms with Gasteiger partial charge in [0.15, 0.2) is 0 Å². The first-order chi connectivity index (χ1) is 9.53. The molecule has 1 fully saturated rings. The summed E-state index contributed by atoms with van der Waals surface area (Å²) in [5.74, 6) is 1.72. The van der Waals surface area contributed by atoms with Gasteiger partial charge in [-0.2, -0.15) is 0 Å². The standard InChI is InChI=1S/C16H24N2O2/c1-11(2)18-7-6-16(10-18)9-14(17)13-5-4-12(19-3)8-15(13)20-16/h4-5,8,11,14H,6-7,9-10,17H2,1-3H3/t14-,16?/m0/s1. The summed E-state index contributed by atoms with van der Waals surface area (Å²) in [7, 11) is 1.68. The highest BCUT2D eigenvalue weighted by atomic mass is 16.5. The molecule has 0 saturated carbocycles. The lowest BCUT2D eigenvalue weighted by Gasteiger charge is -2.39. The molecule has 0 aliphatic carbocycles. The predicted octanol–water partition coefficient (Wildman–Crippen LogP) is 2.33. The van der Waals surface area contributed by atoms with Crippen LogP contribution >= 0.6 is 0 Å². The van der Waals surface area contributed by atoms with Gasteiger partial charge >= 0.3 is 0 Å². The molecule has 1 unspecified atom stereocenters. The van der Waals surface area contributed by atoms with E-state index >= 15 is 0 Å². The molecule has 2 heterocycles. The van der Waals surface area contributed by atoms with E-state index in [1.165, 1.54) is 0 Å². The van der Waals surface area contributed by atoms with Crippen LogP contribution in [0.25, 0.3) is 0 Å². The summed E-state index contributed by atoms with van der Waals surface area (Å²) in [5, 5.41) is 0. The monoisotopic (exact) mass is 276 g/mol. The molecule has 2 atom stereocenters. The number of ether oxygens (including phenoxy) is 2. The van der Waals surface area contributed by atoms with E-state index in [1.807, 2.05) is 18.2 Å². The van der Waals surface area contributed by atoms with E-state index < -0.39 is 0 Å². The van der Waals surface area contributed by atoms with E-state index in [0.717, 1.165) is 43.0 Å². The molecular weight excluding hydrogens is 252 g/mol. The Bertz CT molecular complexity index is 503. The van der Waals surface area contributed by atoms with Crippen molar-refractivity contribution < 1.29 is 9.47 Å². The van der Waals surface area contributed by atoms with Gasteiger partial charge in [-0.25, -0.2) is 0 Å². The van der Waals surface area contributed by atoms with Crippen LogP contribution in [-0.2, 0) is 0 Å². The number of likely N-dealkylation sites (tertiary alicyclic amines) is 1. The summed E-state index contributed by atoms with van der Waals surface area (Å²) in [6.07, 6.45) is 1.95. The third kappa shape index (κ3) is 2.27. The van der Waals surface area contributed by atoms with Crippen LogP contribution in [0.5, 0.6) is 11.5 Å². The average molecular weight is 276 g/mol. The number of fused-ring (bicyclic) bond motifs is 1. The van der Waals surface area contributed by atoms with Crippen LogP contribution < -0.4 is 15.2 Å². The second kappa shape index (κ2) is 4.93. The molecule has 4 nitrogen and oxygen atoms in total. The smallest absolute Gasteiger partial charge is 0.128 e. The zero-order valence-electron chi connectivity index (χ0n) is 12.6. The van der Waals surface area contributed by atoms with Gasteiger partial charge in [-0.05, 0) is 19.9 Å². The van der Waals surface area contributed by atoms with Gasteiger partial charge in [0.05, 0.1) is 7.11 Å². The van der Waals surface area contributed by atoms with Crippen molar-refractivity contribution in [2.75, 3.05) is 20.2 Å². The maximum atomic E-state index is 6.37. The molecule has 2 aliphatic heterocycles. The number of nitrogens with two attached hydrogens (primary N) is 1. The first-order valence-electron chi connectivity index (χ1n) is 7.39. The highest BCUT2D eigenvalue weighted by Crippen LogP contribution is 2.44.